The third-order valence-electron chi connectivity index (χ3n) is 5.08. The lowest BCUT2D eigenvalue weighted by Crippen LogP contribution is -2.48. The number of ether oxygens (including phenoxy) is 2. The van der Waals surface area contributed by atoms with Crippen LogP contribution in [0.25, 0.3) is 0 Å². The smallest absolute Gasteiger partial charge is 0.267 e. The molecule has 0 fully saturated rings. The van der Waals surface area contributed by atoms with Crippen LogP contribution >= 0.6 is 0 Å². The van der Waals surface area contributed by atoms with Gasteiger partial charge >= 0.3 is 0 Å². The second kappa shape index (κ2) is 8.92. The van der Waals surface area contributed by atoms with Gasteiger partial charge in [-0.15, -0.1) is 0 Å². The number of amides is 1. The molecule has 8 heteroatoms. The Labute approximate surface area is 187 Å². The van der Waals surface area contributed by atoms with Gasteiger partial charge in [-0.05, 0) is 50.2 Å². The van der Waals surface area contributed by atoms with Crippen molar-refractivity contribution in [2.24, 2.45) is 0 Å². The molecule has 7 nitrogen and oxygen atoms in total. The molecule has 0 saturated heterocycles. The summed E-state index contributed by atoms with van der Waals surface area (Å²) in [7, 11) is -3.90. The third kappa shape index (κ3) is 4.27. The van der Waals surface area contributed by atoms with Crippen molar-refractivity contribution in [1.82, 2.24) is 0 Å². The Hall–Kier alpha value is -3.52. The van der Waals surface area contributed by atoms with Crippen LogP contribution in [-0.4, -0.2) is 33.6 Å². The van der Waals surface area contributed by atoms with Crippen LogP contribution in [0.15, 0.2) is 77.7 Å². The quantitative estimate of drug-likeness (QED) is 0.611. The molecular weight excluding hydrogens is 428 g/mol. The van der Waals surface area contributed by atoms with E-state index < -0.39 is 22.0 Å². The number of hydrogen-bond donors (Lipinski definition) is 1. The van der Waals surface area contributed by atoms with Gasteiger partial charge in [-0.1, -0.05) is 42.0 Å². The van der Waals surface area contributed by atoms with Gasteiger partial charge < -0.3 is 14.8 Å². The minimum Gasteiger partial charge on any atom is -0.492 e. The van der Waals surface area contributed by atoms with Crippen molar-refractivity contribution in [3.63, 3.8) is 0 Å². The number of para-hydroxylation sites is 4. The van der Waals surface area contributed by atoms with Crippen LogP contribution in [0.3, 0.4) is 0 Å². The van der Waals surface area contributed by atoms with Crippen molar-refractivity contribution in [3.8, 4) is 11.5 Å². The predicted molar refractivity (Wildman–Crippen MR) is 123 cm³/mol. The maximum Gasteiger partial charge on any atom is 0.267 e. The van der Waals surface area contributed by atoms with Gasteiger partial charge in [-0.3, -0.25) is 9.10 Å². The van der Waals surface area contributed by atoms with Crippen LogP contribution in [0.1, 0.15) is 12.5 Å². The lowest BCUT2D eigenvalue weighted by atomic mass is 10.2. The van der Waals surface area contributed by atoms with Gasteiger partial charge in [0.25, 0.3) is 15.9 Å². The molecule has 4 rings (SSSR count). The molecule has 1 amide bonds. The van der Waals surface area contributed by atoms with E-state index in [1.165, 1.54) is 4.31 Å². The normalized spacial score (nSPS) is 15.4. The number of carbonyl (C=O) groups excluding carboxylic acids is 1. The first-order valence-electron chi connectivity index (χ1n) is 10.3. The second-order valence-corrected chi connectivity index (χ2v) is 9.20. The summed E-state index contributed by atoms with van der Waals surface area (Å²) < 4.78 is 39.6. The van der Waals surface area contributed by atoms with Crippen molar-refractivity contribution < 1.29 is 22.7 Å². The van der Waals surface area contributed by atoms with Crippen molar-refractivity contribution in [3.05, 3.63) is 78.4 Å². The SMILES string of the molecule is CCOc1ccccc1NC(=O)[C@H]1CN(S(=O)(=O)c2ccc(C)cc2)c2ccccc2O1. The summed E-state index contributed by atoms with van der Waals surface area (Å²) in [6.45, 7) is 4.03. The van der Waals surface area contributed by atoms with E-state index in [9.17, 15) is 13.2 Å². The summed E-state index contributed by atoms with van der Waals surface area (Å²) in [5.41, 5.74) is 1.85. The molecule has 1 N–H and O–H groups in total. The van der Waals surface area contributed by atoms with Gasteiger partial charge in [-0.2, -0.15) is 0 Å². The van der Waals surface area contributed by atoms with E-state index in [-0.39, 0.29) is 11.4 Å². The highest BCUT2D eigenvalue weighted by Gasteiger charge is 2.37. The highest BCUT2D eigenvalue weighted by Crippen LogP contribution is 2.37. The molecule has 0 radical (unpaired) electrons. The number of aryl methyl sites for hydroxylation is 1. The Morgan fingerprint density at radius 1 is 1.06 bits per heavy atom. The average Bonchev–Trinajstić information content (AvgIpc) is 2.80. The van der Waals surface area contributed by atoms with Crippen molar-refractivity contribution in [2.45, 2.75) is 24.8 Å². The molecule has 1 heterocycles. The Balaban J connectivity index is 1.65. The Morgan fingerprint density at radius 3 is 2.50 bits per heavy atom. The summed E-state index contributed by atoms with van der Waals surface area (Å²) in [6.07, 6.45) is -1.04. The Kier molecular flexibility index (Phi) is 6.05. The third-order valence-corrected chi connectivity index (χ3v) is 6.87. The molecule has 3 aromatic rings. The van der Waals surface area contributed by atoms with Crippen LogP contribution in [0, 0.1) is 6.92 Å². The first-order valence-corrected chi connectivity index (χ1v) is 11.7. The van der Waals surface area contributed by atoms with Gasteiger partial charge in [0.2, 0.25) is 0 Å². The fourth-order valence-electron chi connectivity index (χ4n) is 3.47. The Bertz CT molecular complexity index is 1230. The van der Waals surface area contributed by atoms with E-state index in [1.807, 2.05) is 19.9 Å². The van der Waals surface area contributed by atoms with E-state index in [2.05, 4.69) is 5.32 Å². The maximum absolute atomic E-state index is 13.4. The standard InChI is InChI=1S/C24H24N2O5S/c1-3-30-21-10-6-4-8-19(21)25-24(27)23-16-26(20-9-5-7-11-22(20)31-23)32(28,29)18-14-12-17(2)13-15-18/h4-15,23H,3,16H2,1-2H3,(H,25,27)/t23-/m1/s1. The number of hydrogen-bond acceptors (Lipinski definition) is 5. The fraction of sp³-hybridized carbons (Fsp3) is 0.208. The fourth-order valence-corrected chi connectivity index (χ4v) is 4.94. The molecule has 0 aromatic heterocycles. The van der Waals surface area contributed by atoms with E-state index >= 15 is 0 Å². The summed E-state index contributed by atoms with van der Waals surface area (Å²) >= 11 is 0. The van der Waals surface area contributed by atoms with Crippen molar-refractivity contribution >= 4 is 27.3 Å². The number of sulfonamides is 1. The minimum atomic E-state index is -3.90. The molecule has 0 spiro atoms. The molecule has 3 aromatic carbocycles. The lowest BCUT2D eigenvalue weighted by molar-refractivity contribution is -0.122. The molecule has 32 heavy (non-hydrogen) atoms. The molecule has 0 bridgehead atoms. The van der Waals surface area contributed by atoms with Crippen molar-refractivity contribution in [2.75, 3.05) is 22.8 Å². The van der Waals surface area contributed by atoms with Crippen molar-refractivity contribution in [1.29, 1.82) is 0 Å². The summed E-state index contributed by atoms with van der Waals surface area (Å²) in [6, 6.07) is 20.5. The van der Waals surface area contributed by atoms with Gasteiger partial charge in [0.15, 0.2) is 6.10 Å². The number of rotatable bonds is 6. The van der Waals surface area contributed by atoms with Crippen LogP contribution in [0.4, 0.5) is 11.4 Å². The van der Waals surface area contributed by atoms with Crippen LogP contribution < -0.4 is 19.1 Å². The number of nitrogens with zero attached hydrogens (tertiary/aromatic N) is 1. The minimum absolute atomic E-state index is 0.153. The first kappa shape index (κ1) is 21.7. The molecule has 1 aliphatic heterocycles. The Morgan fingerprint density at radius 2 is 1.75 bits per heavy atom. The largest absolute Gasteiger partial charge is 0.492 e. The summed E-state index contributed by atoms with van der Waals surface area (Å²) in [5, 5.41) is 2.80. The first-order chi connectivity index (χ1) is 15.4. The van der Waals surface area contributed by atoms with Crippen LogP contribution in [0.5, 0.6) is 11.5 Å². The maximum atomic E-state index is 13.4. The van der Waals surface area contributed by atoms with Crippen LogP contribution in [-0.2, 0) is 14.8 Å². The average molecular weight is 453 g/mol. The monoisotopic (exact) mass is 452 g/mol. The molecule has 1 aliphatic rings. The zero-order chi connectivity index (χ0) is 22.7. The number of benzene rings is 3. The highest BCUT2D eigenvalue weighted by molar-refractivity contribution is 7.92. The molecule has 0 aliphatic carbocycles. The number of carbonyl (C=O) groups is 1. The second-order valence-electron chi connectivity index (χ2n) is 7.34. The van der Waals surface area contributed by atoms with Gasteiger partial charge in [-0.25, -0.2) is 8.42 Å². The summed E-state index contributed by atoms with van der Waals surface area (Å²) in [5.74, 6) is 0.395. The molecule has 0 saturated carbocycles. The molecule has 0 unspecified atom stereocenters. The van der Waals surface area contributed by atoms with Gasteiger partial charge in [0, 0.05) is 0 Å². The predicted octanol–water partition coefficient (Wildman–Crippen LogP) is 3.99. The lowest BCUT2D eigenvalue weighted by Gasteiger charge is -2.34. The van der Waals surface area contributed by atoms with E-state index in [1.54, 1.807) is 66.7 Å². The van der Waals surface area contributed by atoms with E-state index in [0.29, 0.717) is 29.5 Å². The molecule has 166 valence electrons. The van der Waals surface area contributed by atoms with Gasteiger partial charge in [0.1, 0.15) is 11.5 Å². The number of nitrogens with one attached hydrogen (secondary N) is 1. The molecular formula is C24H24N2O5S. The summed E-state index contributed by atoms with van der Waals surface area (Å²) in [4.78, 5) is 13.2. The number of fused-ring (bicyclic) bond motifs is 1. The van der Waals surface area contributed by atoms with E-state index in [4.69, 9.17) is 9.47 Å². The zero-order valence-electron chi connectivity index (χ0n) is 17.8. The van der Waals surface area contributed by atoms with E-state index in [0.717, 1.165) is 5.56 Å². The molecule has 1 atom stereocenters. The topological polar surface area (TPSA) is 84.9 Å². The van der Waals surface area contributed by atoms with Crippen LogP contribution in [0.2, 0.25) is 0 Å². The number of anilines is 2. The van der Waals surface area contributed by atoms with Gasteiger partial charge in [0.05, 0.1) is 29.4 Å². The highest BCUT2D eigenvalue weighted by atomic mass is 32.2. The zero-order valence-corrected chi connectivity index (χ0v) is 18.6.